The Morgan fingerprint density at radius 2 is 1.86 bits per heavy atom. The summed E-state index contributed by atoms with van der Waals surface area (Å²) < 4.78 is 5.94. The minimum atomic E-state index is 0. The van der Waals surface area contributed by atoms with Crippen molar-refractivity contribution < 1.29 is 4.74 Å². The van der Waals surface area contributed by atoms with Crippen LogP contribution in [0.25, 0.3) is 0 Å². The van der Waals surface area contributed by atoms with Crippen LogP contribution >= 0.6 is 24.0 Å². The molecule has 0 amide bonds. The number of halogens is 1. The summed E-state index contributed by atoms with van der Waals surface area (Å²) in [7, 11) is 0. The van der Waals surface area contributed by atoms with E-state index in [-0.39, 0.29) is 24.0 Å². The highest BCUT2D eigenvalue weighted by molar-refractivity contribution is 14.0. The molecule has 2 saturated carbocycles. The maximum absolute atomic E-state index is 5.94. The number of nitrogens with one attached hydrogen (secondary N) is 2. The van der Waals surface area contributed by atoms with Crippen molar-refractivity contribution in [3.8, 4) is 0 Å². The first-order valence-electron chi connectivity index (χ1n) is 9.02. The van der Waals surface area contributed by atoms with Crippen molar-refractivity contribution in [1.29, 1.82) is 0 Å². The summed E-state index contributed by atoms with van der Waals surface area (Å²) in [5, 5.41) is 6.75. The molecule has 0 saturated heterocycles. The third-order valence-corrected chi connectivity index (χ3v) is 4.36. The van der Waals surface area contributed by atoms with Crippen LogP contribution in [0.5, 0.6) is 0 Å². The average molecular weight is 423 g/mol. The molecule has 0 aromatic heterocycles. The van der Waals surface area contributed by atoms with Crippen molar-refractivity contribution in [2.45, 2.75) is 70.8 Å². The van der Waals surface area contributed by atoms with Gasteiger partial charge in [-0.2, -0.15) is 0 Å². The predicted molar refractivity (Wildman–Crippen MR) is 104 cm³/mol. The second kappa shape index (κ2) is 12.4. The second-order valence-corrected chi connectivity index (χ2v) is 6.40. The lowest BCUT2D eigenvalue weighted by Gasteiger charge is -2.21. The van der Waals surface area contributed by atoms with Gasteiger partial charge >= 0.3 is 0 Å². The van der Waals surface area contributed by atoms with Gasteiger partial charge in [0.05, 0.1) is 6.10 Å². The molecular formula is C17H34IN3O. The molecule has 0 aliphatic heterocycles. The number of rotatable bonds is 9. The maximum Gasteiger partial charge on any atom is 0.191 e. The lowest BCUT2D eigenvalue weighted by molar-refractivity contribution is 0.0281. The fraction of sp³-hybridized carbons (Fsp3) is 0.941. The summed E-state index contributed by atoms with van der Waals surface area (Å²) in [6, 6.07) is 0. The van der Waals surface area contributed by atoms with Gasteiger partial charge in [0.25, 0.3) is 0 Å². The molecule has 2 rings (SSSR count). The van der Waals surface area contributed by atoms with E-state index in [0.717, 1.165) is 44.5 Å². The number of aliphatic imine (C=N–C) groups is 1. The number of hydrogen-bond acceptors (Lipinski definition) is 2. The first-order valence-corrected chi connectivity index (χ1v) is 9.02. The molecule has 2 aliphatic rings. The van der Waals surface area contributed by atoms with Crippen molar-refractivity contribution in [2.75, 3.05) is 26.2 Å². The first kappa shape index (κ1) is 20.0. The van der Waals surface area contributed by atoms with Crippen LogP contribution in [0.3, 0.4) is 0 Å². The molecule has 0 spiro atoms. The Hall–Kier alpha value is -0.0400. The average Bonchev–Trinajstić information content (AvgIpc) is 3.32. The fourth-order valence-corrected chi connectivity index (χ4v) is 2.88. The zero-order chi connectivity index (χ0) is 14.8. The molecule has 5 heteroatoms. The third-order valence-electron chi connectivity index (χ3n) is 4.36. The third kappa shape index (κ3) is 9.18. The van der Waals surface area contributed by atoms with Crippen molar-refractivity contribution in [3.05, 3.63) is 0 Å². The molecule has 0 bridgehead atoms. The molecule has 0 aromatic carbocycles. The molecule has 0 unspecified atom stereocenters. The standard InChI is InChI=1S/C17H33N3O.HI/c1-2-18-17(20-13-11-15-9-10-15)19-12-6-14-21-16-7-4-3-5-8-16;/h15-16H,2-14H2,1H3,(H2,18,19,20);1H. The molecule has 0 atom stereocenters. The number of guanidine groups is 1. The van der Waals surface area contributed by atoms with Crippen LogP contribution in [-0.4, -0.2) is 38.3 Å². The molecule has 2 fully saturated rings. The van der Waals surface area contributed by atoms with Crippen LogP contribution in [0.2, 0.25) is 0 Å². The largest absolute Gasteiger partial charge is 0.378 e. The van der Waals surface area contributed by atoms with Gasteiger partial charge in [0, 0.05) is 26.2 Å². The van der Waals surface area contributed by atoms with Gasteiger partial charge in [0.1, 0.15) is 0 Å². The van der Waals surface area contributed by atoms with Crippen LogP contribution in [0.15, 0.2) is 4.99 Å². The molecule has 0 radical (unpaired) electrons. The summed E-state index contributed by atoms with van der Waals surface area (Å²) in [5.41, 5.74) is 0. The van der Waals surface area contributed by atoms with Crippen LogP contribution < -0.4 is 10.6 Å². The highest BCUT2D eigenvalue weighted by atomic mass is 127. The van der Waals surface area contributed by atoms with E-state index >= 15 is 0 Å². The Morgan fingerprint density at radius 3 is 2.55 bits per heavy atom. The Labute approximate surface area is 153 Å². The number of ether oxygens (including phenoxy) is 1. The summed E-state index contributed by atoms with van der Waals surface area (Å²) in [6.07, 6.45) is 12.3. The van der Waals surface area contributed by atoms with Crippen molar-refractivity contribution >= 4 is 29.9 Å². The van der Waals surface area contributed by atoms with E-state index < -0.39 is 0 Å². The van der Waals surface area contributed by atoms with Crippen LogP contribution in [-0.2, 0) is 4.74 Å². The van der Waals surface area contributed by atoms with Gasteiger partial charge in [-0.3, -0.25) is 4.99 Å². The SMILES string of the molecule is CCNC(=NCCCOC1CCCCC1)NCCC1CC1.I. The number of hydrogen-bond donors (Lipinski definition) is 2. The lowest BCUT2D eigenvalue weighted by atomic mass is 9.98. The van der Waals surface area contributed by atoms with Crippen LogP contribution in [0.1, 0.15) is 64.7 Å². The molecule has 0 aromatic rings. The first-order chi connectivity index (χ1) is 10.4. The molecule has 2 aliphatic carbocycles. The molecule has 22 heavy (non-hydrogen) atoms. The smallest absolute Gasteiger partial charge is 0.191 e. The predicted octanol–water partition coefficient (Wildman–Crippen LogP) is 3.70. The second-order valence-electron chi connectivity index (χ2n) is 6.40. The summed E-state index contributed by atoms with van der Waals surface area (Å²) >= 11 is 0. The normalized spacial score (nSPS) is 19.6. The lowest BCUT2D eigenvalue weighted by Crippen LogP contribution is -2.38. The van der Waals surface area contributed by atoms with E-state index in [9.17, 15) is 0 Å². The van der Waals surface area contributed by atoms with E-state index in [1.54, 1.807) is 0 Å². The van der Waals surface area contributed by atoms with E-state index in [1.807, 2.05) is 0 Å². The zero-order valence-corrected chi connectivity index (χ0v) is 16.4. The van der Waals surface area contributed by atoms with E-state index in [4.69, 9.17) is 4.74 Å². The Balaban J connectivity index is 0.00000242. The van der Waals surface area contributed by atoms with E-state index in [1.165, 1.54) is 51.4 Å². The maximum atomic E-state index is 5.94. The minimum absolute atomic E-state index is 0. The molecule has 2 N–H and O–H groups in total. The van der Waals surface area contributed by atoms with Crippen molar-refractivity contribution in [3.63, 3.8) is 0 Å². The molecule has 130 valence electrons. The summed E-state index contributed by atoms with van der Waals surface area (Å²) in [6.45, 7) is 5.80. The topological polar surface area (TPSA) is 45.7 Å². The highest BCUT2D eigenvalue weighted by Gasteiger charge is 2.20. The van der Waals surface area contributed by atoms with Crippen molar-refractivity contribution in [2.24, 2.45) is 10.9 Å². The van der Waals surface area contributed by atoms with Gasteiger partial charge in [-0.25, -0.2) is 0 Å². The van der Waals surface area contributed by atoms with Crippen LogP contribution in [0, 0.1) is 5.92 Å². The number of nitrogens with zero attached hydrogens (tertiary/aromatic N) is 1. The zero-order valence-electron chi connectivity index (χ0n) is 14.1. The minimum Gasteiger partial charge on any atom is -0.378 e. The highest BCUT2D eigenvalue weighted by Crippen LogP contribution is 2.31. The van der Waals surface area contributed by atoms with Gasteiger partial charge < -0.3 is 15.4 Å². The fourth-order valence-electron chi connectivity index (χ4n) is 2.88. The molecule has 4 nitrogen and oxygen atoms in total. The van der Waals surface area contributed by atoms with Crippen LogP contribution in [0.4, 0.5) is 0 Å². The Kier molecular flexibility index (Phi) is 11.3. The Bertz CT molecular complexity index is 302. The van der Waals surface area contributed by atoms with Gasteiger partial charge in [-0.1, -0.05) is 32.1 Å². The quantitative estimate of drug-likeness (QED) is 0.257. The molecule has 0 heterocycles. The Morgan fingerprint density at radius 1 is 1.09 bits per heavy atom. The van der Waals surface area contributed by atoms with Gasteiger partial charge in [-0.15, -0.1) is 24.0 Å². The molecular weight excluding hydrogens is 389 g/mol. The van der Waals surface area contributed by atoms with Gasteiger partial charge in [0.15, 0.2) is 5.96 Å². The van der Waals surface area contributed by atoms with Crippen molar-refractivity contribution in [1.82, 2.24) is 10.6 Å². The van der Waals surface area contributed by atoms with Gasteiger partial charge in [-0.05, 0) is 38.5 Å². The van der Waals surface area contributed by atoms with Gasteiger partial charge in [0.2, 0.25) is 0 Å². The van der Waals surface area contributed by atoms with E-state index in [0.29, 0.717) is 6.10 Å². The van der Waals surface area contributed by atoms with E-state index in [2.05, 4.69) is 22.5 Å². The summed E-state index contributed by atoms with van der Waals surface area (Å²) in [4.78, 5) is 4.63. The summed E-state index contributed by atoms with van der Waals surface area (Å²) in [5.74, 6) is 1.94. The monoisotopic (exact) mass is 423 g/mol.